The fraction of sp³-hybridized carbons (Fsp3) is 0.143. The maximum absolute atomic E-state index is 5.32. The van der Waals surface area contributed by atoms with Crippen molar-refractivity contribution in [2.75, 3.05) is 12.4 Å². The number of methoxy groups -OCH3 is 1. The summed E-state index contributed by atoms with van der Waals surface area (Å²) in [5.74, 6) is 0.876. The summed E-state index contributed by atoms with van der Waals surface area (Å²) in [6.45, 7) is 0.803. The largest absolute Gasteiger partial charge is 0.495 e. The van der Waals surface area contributed by atoms with E-state index < -0.39 is 0 Å². The number of nitrogens with one attached hydrogen (secondary N) is 1. The van der Waals surface area contributed by atoms with Crippen molar-refractivity contribution < 1.29 is 4.74 Å². The van der Waals surface area contributed by atoms with E-state index in [4.69, 9.17) is 4.74 Å². The smallest absolute Gasteiger partial charge is 0.142 e. The number of hydrogen-bond donors (Lipinski definition) is 1. The molecule has 2 nitrogen and oxygen atoms in total. The molecule has 17 heavy (non-hydrogen) atoms. The van der Waals surface area contributed by atoms with E-state index in [2.05, 4.69) is 46.1 Å². The van der Waals surface area contributed by atoms with E-state index in [-0.39, 0.29) is 0 Å². The first-order chi connectivity index (χ1) is 8.29. The van der Waals surface area contributed by atoms with Crippen molar-refractivity contribution >= 4 is 28.3 Å². The van der Waals surface area contributed by atoms with Crippen molar-refractivity contribution in [2.45, 2.75) is 6.54 Å². The van der Waals surface area contributed by atoms with Gasteiger partial charge in [-0.2, -0.15) is 0 Å². The summed E-state index contributed by atoms with van der Waals surface area (Å²) in [4.78, 5) is 0. The van der Waals surface area contributed by atoms with Crippen molar-refractivity contribution in [1.82, 2.24) is 0 Å². The lowest BCUT2D eigenvalue weighted by Gasteiger charge is -2.11. The molecular weight excluding hydrogens is 325 g/mol. The average Bonchev–Trinajstić information content (AvgIpc) is 2.38. The standard InChI is InChI=1S/C14H14INO/c1-17-14-8-7-12(15)9-13(14)16-10-11-5-3-2-4-6-11/h2-9,16H,10H2,1H3. The van der Waals surface area contributed by atoms with Gasteiger partial charge in [-0.05, 0) is 46.4 Å². The van der Waals surface area contributed by atoms with Crippen LogP contribution in [0.4, 0.5) is 5.69 Å². The monoisotopic (exact) mass is 339 g/mol. The van der Waals surface area contributed by atoms with Crippen molar-refractivity contribution in [2.24, 2.45) is 0 Å². The molecule has 0 aromatic heterocycles. The van der Waals surface area contributed by atoms with E-state index in [9.17, 15) is 0 Å². The number of anilines is 1. The lowest BCUT2D eigenvalue weighted by Crippen LogP contribution is -2.01. The van der Waals surface area contributed by atoms with Crippen molar-refractivity contribution in [1.29, 1.82) is 0 Å². The summed E-state index contributed by atoms with van der Waals surface area (Å²) < 4.78 is 6.52. The molecule has 2 aromatic rings. The van der Waals surface area contributed by atoms with Crippen LogP contribution in [0.3, 0.4) is 0 Å². The molecule has 88 valence electrons. The lowest BCUT2D eigenvalue weighted by molar-refractivity contribution is 0.416. The quantitative estimate of drug-likeness (QED) is 0.853. The molecule has 0 aliphatic rings. The third-order valence-corrected chi connectivity index (χ3v) is 3.16. The van der Waals surface area contributed by atoms with E-state index in [0.29, 0.717) is 0 Å². The highest BCUT2D eigenvalue weighted by Crippen LogP contribution is 2.26. The van der Waals surface area contributed by atoms with E-state index >= 15 is 0 Å². The first kappa shape index (κ1) is 12.2. The molecule has 0 saturated heterocycles. The molecule has 0 fully saturated rings. The number of rotatable bonds is 4. The fourth-order valence-corrected chi connectivity index (χ4v) is 2.10. The molecule has 0 atom stereocenters. The van der Waals surface area contributed by atoms with Gasteiger partial charge in [0.1, 0.15) is 5.75 Å². The minimum absolute atomic E-state index is 0.803. The van der Waals surface area contributed by atoms with Crippen LogP contribution in [0.1, 0.15) is 5.56 Å². The van der Waals surface area contributed by atoms with Crippen LogP contribution in [0.25, 0.3) is 0 Å². The van der Waals surface area contributed by atoms with Gasteiger partial charge in [-0.3, -0.25) is 0 Å². The molecule has 3 heteroatoms. The Balaban J connectivity index is 2.11. The summed E-state index contributed by atoms with van der Waals surface area (Å²) in [6, 6.07) is 16.4. The molecule has 0 saturated carbocycles. The van der Waals surface area contributed by atoms with Crippen LogP contribution in [0, 0.1) is 3.57 Å². The maximum atomic E-state index is 5.32. The molecular formula is C14H14INO. The minimum atomic E-state index is 0.803. The van der Waals surface area contributed by atoms with Gasteiger partial charge < -0.3 is 10.1 Å². The lowest BCUT2D eigenvalue weighted by atomic mass is 10.2. The third-order valence-electron chi connectivity index (χ3n) is 2.49. The summed E-state index contributed by atoms with van der Waals surface area (Å²) >= 11 is 2.30. The summed E-state index contributed by atoms with van der Waals surface area (Å²) in [6.07, 6.45) is 0. The fourth-order valence-electron chi connectivity index (χ4n) is 1.61. The predicted molar refractivity (Wildman–Crippen MR) is 79.5 cm³/mol. The van der Waals surface area contributed by atoms with Gasteiger partial charge in [0.25, 0.3) is 0 Å². The summed E-state index contributed by atoms with van der Waals surface area (Å²) in [5.41, 5.74) is 2.29. The van der Waals surface area contributed by atoms with Crippen LogP contribution in [0.2, 0.25) is 0 Å². The Hall–Kier alpha value is -1.23. The number of halogens is 1. The van der Waals surface area contributed by atoms with Crippen LogP contribution in [0.15, 0.2) is 48.5 Å². The van der Waals surface area contributed by atoms with E-state index in [1.165, 1.54) is 9.13 Å². The van der Waals surface area contributed by atoms with Gasteiger partial charge >= 0.3 is 0 Å². The molecule has 1 N–H and O–H groups in total. The Kier molecular flexibility index (Phi) is 4.25. The van der Waals surface area contributed by atoms with Gasteiger partial charge in [-0.15, -0.1) is 0 Å². The minimum Gasteiger partial charge on any atom is -0.495 e. The van der Waals surface area contributed by atoms with Crippen LogP contribution in [0.5, 0.6) is 5.75 Å². The topological polar surface area (TPSA) is 21.3 Å². The van der Waals surface area contributed by atoms with Crippen molar-refractivity contribution in [3.05, 3.63) is 57.7 Å². The second-order valence-electron chi connectivity index (χ2n) is 3.68. The zero-order chi connectivity index (χ0) is 12.1. The first-order valence-electron chi connectivity index (χ1n) is 5.41. The van der Waals surface area contributed by atoms with Gasteiger partial charge in [0.15, 0.2) is 0 Å². The number of benzene rings is 2. The van der Waals surface area contributed by atoms with E-state index in [0.717, 1.165) is 18.0 Å². The Labute approximate surface area is 115 Å². The van der Waals surface area contributed by atoms with Crippen molar-refractivity contribution in [3.8, 4) is 5.75 Å². The zero-order valence-electron chi connectivity index (χ0n) is 9.61. The van der Waals surface area contributed by atoms with E-state index in [1.807, 2.05) is 30.3 Å². The average molecular weight is 339 g/mol. The predicted octanol–water partition coefficient (Wildman–Crippen LogP) is 3.91. The van der Waals surface area contributed by atoms with Gasteiger partial charge in [0.05, 0.1) is 12.8 Å². The van der Waals surface area contributed by atoms with Crippen LogP contribution < -0.4 is 10.1 Å². The Bertz CT molecular complexity index is 485. The van der Waals surface area contributed by atoms with Gasteiger partial charge in [0.2, 0.25) is 0 Å². The SMILES string of the molecule is COc1ccc(I)cc1NCc1ccccc1. The zero-order valence-corrected chi connectivity index (χ0v) is 11.8. The highest BCUT2D eigenvalue weighted by molar-refractivity contribution is 14.1. The molecule has 2 rings (SSSR count). The van der Waals surface area contributed by atoms with Gasteiger partial charge in [0, 0.05) is 10.1 Å². The van der Waals surface area contributed by atoms with Crippen LogP contribution in [-0.2, 0) is 6.54 Å². The van der Waals surface area contributed by atoms with Gasteiger partial charge in [-0.25, -0.2) is 0 Å². The molecule has 0 amide bonds. The van der Waals surface area contributed by atoms with Crippen molar-refractivity contribution in [3.63, 3.8) is 0 Å². The second-order valence-corrected chi connectivity index (χ2v) is 4.93. The number of ether oxygens (including phenoxy) is 1. The highest BCUT2D eigenvalue weighted by Gasteiger charge is 2.02. The molecule has 0 bridgehead atoms. The maximum Gasteiger partial charge on any atom is 0.142 e. The van der Waals surface area contributed by atoms with Crippen LogP contribution >= 0.6 is 22.6 Å². The summed E-state index contributed by atoms with van der Waals surface area (Å²) in [7, 11) is 1.69. The third kappa shape index (κ3) is 3.36. The van der Waals surface area contributed by atoms with E-state index in [1.54, 1.807) is 7.11 Å². The number of hydrogen-bond acceptors (Lipinski definition) is 2. The second kappa shape index (κ2) is 5.91. The van der Waals surface area contributed by atoms with Gasteiger partial charge in [-0.1, -0.05) is 30.3 Å². The Morgan fingerprint density at radius 2 is 1.88 bits per heavy atom. The molecule has 0 aliphatic heterocycles. The molecule has 0 radical (unpaired) electrons. The normalized spacial score (nSPS) is 10.0. The highest BCUT2D eigenvalue weighted by atomic mass is 127. The Morgan fingerprint density at radius 1 is 1.12 bits per heavy atom. The molecule has 0 heterocycles. The Morgan fingerprint density at radius 3 is 2.59 bits per heavy atom. The molecule has 2 aromatic carbocycles. The summed E-state index contributed by atoms with van der Waals surface area (Å²) in [5, 5.41) is 3.39. The first-order valence-corrected chi connectivity index (χ1v) is 6.49. The molecule has 0 aliphatic carbocycles. The molecule has 0 unspecified atom stereocenters. The molecule has 0 spiro atoms. The van der Waals surface area contributed by atoms with Crippen LogP contribution in [-0.4, -0.2) is 7.11 Å².